The van der Waals surface area contributed by atoms with Crippen LogP contribution in [-0.4, -0.2) is 19.0 Å². The minimum absolute atomic E-state index is 0.146. The van der Waals surface area contributed by atoms with Gasteiger partial charge in [0, 0.05) is 25.3 Å². The molecule has 0 saturated carbocycles. The van der Waals surface area contributed by atoms with Gasteiger partial charge in [-0.15, -0.1) is 0 Å². The molecule has 5 nitrogen and oxygen atoms in total. The minimum Gasteiger partial charge on any atom is -0.341 e. The Morgan fingerprint density at radius 2 is 1.73 bits per heavy atom. The van der Waals surface area contributed by atoms with Crippen molar-refractivity contribution in [2.24, 2.45) is 0 Å². The molecule has 0 aliphatic heterocycles. The molecule has 0 heterocycles. The molecule has 0 radical (unpaired) electrons. The number of urea groups is 1. The molecule has 1 aromatic carbocycles. The molecule has 0 fully saturated rings. The van der Waals surface area contributed by atoms with Crippen molar-refractivity contribution in [3.63, 3.8) is 0 Å². The van der Waals surface area contributed by atoms with Crippen LogP contribution < -0.4 is 16.0 Å². The van der Waals surface area contributed by atoms with Crippen molar-refractivity contribution in [2.45, 2.75) is 6.92 Å². The molecule has 5 heteroatoms. The molecule has 3 N–H and O–H groups in total. The van der Waals surface area contributed by atoms with E-state index in [4.69, 9.17) is 0 Å². The van der Waals surface area contributed by atoms with Gasteiger partial charge in [0.15, 0.2) is 0 Å². The summed E-state index contributed by atoms with van der Waals surface area (Å²) in [6, 6.07) is 6.61. The van der Waals surface area contributed by atoms with Crippen molar-refractivity contribution < 1.29 is 9.59 Å². The van der Waals surface area contributed by atoms with Gasteiger partial charge in [0.1, 0.15) is 0 Å². The maximum Gasteiger partial charge on any atom is 0.318 e. The second-order valence-corrected chi connectivity index (χ2v) is 2.97. The van der Waals surface area contributed by atoms with Gasteiger partial charge in [-0.3, -0.25) is 4.79 Å². The maximum absolute atomic E-state index is 11.0. The van der Waals surface area contributed by atoms with Crippen molar-refractivity contribution in [3.8, 4) is 0 Å². The first-order valence-corrected chi connectivity index (χ1v) is 4.48. The number of nitrogens with one attached hydrogen (secondary N) is 3. The van der Waals surface area contributed by atoms with E-state index in [0.29, 0.717) is 11.4 Å². The first kappa shape index (κ1) is 11.0. The lowest BCUT2D eigenvalue weighted by atomic mass is 10.3. The highest BCUT2D eigenvalue weighted by molar-refractivity contribution is 5.92. The molecular weight excluding hydrogens is 194 g/mol. The Hall–Kier alpha value is -2.04. The summed E-state index contributed by atoms with van der Waals surface area (Å²) in [5.74, 6) is -0.146. The zero-order chi connectivity index (χ0) is 11.3. The number of carbonyl (C=O) groups is 2. The van der Waals surface area contributed by atoms with E-state index in [9.17, 15) is 9.59 Å². The van der Waals surface area contributed by atoms with E-state index in [0.717, 1.165) is 0 Å². The molecule has 3 amide bonds. The van der Waals surface area contributed by atoms with Crippen molar-refractivity contribution in [3.05, 3.63) is 24.3 Å². The van der Waals surface area contributed by atoms with E-state index in [1.807, 2.05) is 0 Å². The van der Waals surface area contributed by atoms with Crippen LogP contribution in [0.15, 0.2) is 24.3 Å². The zero-order valence-electron chi connectivity index (χ0n) is 8.63. The summed E-state index contributed by atoms with van der Waals surface area (Å²) in [5, 5.41) is 7.67. The monoisotopic (exact) mass is 207 g/mol. The molecule has 0 unspecified atom stereocenters. The smallest absolute Gasteiger partial charge is 0.318 e. The Morgan fingerprint density at radius 1 is 1.13 bits per heavy atom. The summed E-state index contributed by atoms with van der Waals surface area (Å²) in [4.78, 5) is 21.8. The van der Waals surface area contributed by atoms with Crippen LogP contribution in [0.25, 0.3) is 0 Å². The minimum atomic E-state index is -0.296. The zero-order valence-corrected chi connectivity index (χ0v) is 8.63. The molecule has 1 rings (SSSR count). The van der Waals surface area contributed by atoms with Crippen molar-refractivity contribution in [1.82, 2.24) is 5.32 Å². The Kier molecular flexibility index (Phi) is 3.68. The van der Waals surface area contributed by atoms with Crippen LogP contribution in [0.4, 0.5) is 16.2 Å². The molecule has 1 aromatic rings. The summed E-state index contributed by atoms with van der Waals surface area (Å²) in [6.45, 7) is 1.43. The summed E-state index contributed by atoms with van der Waals surface area (Å²) in [6.07, 6.45) is 0. The topological polar surface area (TPSA) is 70.2 Å². The van der Waals surface area contributed by atoms with Gasteiger partial charge in [0.25, 0.3) is 0 Å². The van der Waals surface area contributed by atoms with Gasteiger partial charge in [-0.1, -0.05) is 6.07 Å². The molecule has 15 heavy (non-hydrogen) atoms. The summed E-state index contributed by atoms with van der Waals surface area (Å²) in [7, 11) is 1.53. The summed E-state index contributed by atoms with van der Waals surface area (Å²) in [5.41, 5.74) is 1.28. The first-order valence-electron chi connectivity index (χ1n) is 4.48. The largest absolute Gasteiger partial charge is 0.341 e. The van der Waals surface area contributed by atoms with E-state index >= 15 is 0 Å². The summed E-state index contributed by atoms with van der Waals surface area (Å²) >= 11 is 0. The molecule has 0 spiro atoms. The number of rotatable bonds is 2. The first-order chi connectivity index (χ1) is 7.11. The van der Waals surface area contributed by atoms with Gasteiger partial charge in [-0.2, -0.15) is 0 Å². The lowest BCUT2D eigenvalue weighted by Gasteiger charge is -2.06. The van der Waals surface area contributed by atoms with E-state index in [2.05, 4.69) is 16.0 Å². The maximum atomic E-state index is 11.0. The van der Waals surface area contributed by atoms with Gasteiger partial charge in [-0.25, -0.2) is 4.79 Å². The quantitative estimate of drug-likeness (QED) is 0.686. The predicted octanol–water partition coefficient (Wildman–Crippen LogP) is 1.40. The fourth-order valence-electron chi connectivity index (χ4n) is 1.07. The number of hydrogen-bond acceptors (Lipinski definition) is 2. The molecule has 80 valence electrons. The molecule has 0 aliphatic rings. The Labute approximate surface area is 87.9 Å². The number of amides is 3. The van der Waals surface area contributed by atoms with E-state index < -0.39 is 0 Å². The molecule has 0 aromatic heterocycles. The fraction of sp³-hybridized carbons (Fsp3) is 0.200. The van der Waals surface area contributed by atoms with Crippen LogP contribution in [0, 0.1) is 0 Å². The van der Waals surface area contributed by atoms with Crippen LogP contribution in [0.2, 0.25) is 0 Å². The Morgan fingerprint density at radius 3 is 2.27 bits per heavy atom. The average Bonchev–Trinajstić information content (AvgIpc) is 2.17. The number of hydrogen-bond donors (Lipinski definition) is 3. The third-order valence-corrected chi connectivity index (χ3v) is 1.67. The van der Waals surface area contributed by atoms with Crippen LogP contribution in [0.5, 0.6) is 0 Å². The van der Waals surface area contributed by atoms with Crippen molar-refractivity contribution in [1.29, 1.82) is 0 Å². The molecule has 0 atom stereocenters. The summed E-state index contributed by atoms with van der Waals surface area (Å²) < 4.78 is 0. The van der Waals surface area contributed by atoms with Gasteiger partial charge in [0.05, 0.1) is 0 Å². The molecular formula is C10H13N3O2. The lowest BCUT2D eigenvalue weighted by molar-refractivity contribution is -0.114. The highest BCUT2D eigenvalue weighted by Crippen LogP contribution is 2.14. The van der Waals surface area contributed by atoms with Crippen LogP contribution in [0.1, 0.15) is 6.92 Å². The van der Waals surface area contributed by atoms with Gasteiger partial charge < -0.3 is 16.0 Å². The number of benzene rings is 1. The predicted molar refractivity (Wildman–Crippen MR) is 58.8 cm³/mol. The number of carbonyl (C=O) groups excluding carboxylic acids is 2. The van der Waals surface area contributed by atoms with Crippen LogP contribution in [0.3, 0.4) is 0 Å². The van der Waals surface area contributed by atoms with E-state index in [1.165, 1.54) is 14.0 Å². The third-order valence-electron chi connectivity index (χ3n) is 1.67. The second kappa shape index (κ2) is 4.99. The number of anilines is 2. The van der Waals surface area contributed by atoms with Crippen LogP contribution >= 0.6 is 0 Å². The van der Waals surface area contributed by atoms with Gasteiger partial charge in [-0.05, 0) is 18.2 Å². The molecule has 0 saturated heterocycles. The SMILES string of the molecule is CNC(=O)Nc1cccc(NC(C)=O)c1. The van der Waals surface area contributed by atoms with Crippen molar-refractivity contribution >= 4 is 23.3 Å². The van der Waals surface area contributed by atoms with Gasteiger partial charge >= 0.3 is 6.03 Å². The van der Waals surface area contributed by atoms with Crippen LogP contribution in [-0.2, 0) is 4.79 Å². The lowest BCUT2D eigenvalue weighted by Crippen LogP contribution is -2.24. The normalized spacial score (nSPS) is 9.20. The molecule has 0 bridgehead atoms. The van der Waals surface area contributed by atoms with Gasteiger partial charge in [0.2, 0.25) is 5.91 Å². The fourth-order valence-corrected chi connectivity index (χ4v) is 1.07. The Bertz CT molecular complexity index is 377. The van der Waals surface area contributed by atoms with E-state index in [1.54, 1.807) is 24.3 Å². The Balaban J connectivity index is 2.74. The molecule has 0 aliphatic carbocycles. The van der Waals surface area contributed by atoms with E-state index in [-0.39, 0.29) is 11.9 Å². The average molecular weight is 207 g/mol. The van der Waals surface area contributed by atoms with Crippen molar-refractivity contribution in [2.75, 3.05) is 17.7 Å². The highest BCUT2D eigenvalue weighted by Gasteiger charge is 2.00. The third kappa shape index (κ3) is 3.68. The highest BCUT2D eigenvalue weighted by atomic mass is 16.2. The standard InChI is InChI=1S/C10H13N3O2/c1-7(14)12-8-4-3-5-9(6-8)13-10(15)11-2/h3-6H,1-2H3,(H,12,14)(H2,11,13,15). The second-order valence-electron chi connectivity index (χ2n) is 2.97.